The van der Waals surface area contributed by atoms with Gasteiger partial charge in [-0.3, -0.25) is 0 Å². The van der Waals surface area contributed by atoms with Gasteiger partial charge in [0, 0.05) is 0 Å². The summed E-state index contributed by atoms with van der Waals surface area (Å²) >= 11 is 17.1. The van der Waals surface area contributed by atoms with E-state index in [2.05, 4.69) is 10.1 Å². The number of nitrogens with one attached hydrogen (secondary N) is 1. The standard InChI is InChI=1S/C11H18Cl3NO4/c1-6(2)7(8(16)18-5)15-9(17)19-10(3,4)11(12,13)14/h6-7H,1-5H3,(H,15,17). The van der Waals surface area contributed by atoms with Gasteiger partial charge in [-0.2, -0.15) is 0 Å². The molecule has 0 saturated carbocycles. The Kier molecular flexibility index (Phi) is 6.72. The number of alkyl carbamates (subject to hydrolysis) is 1. The van der Waals surface area contributed by atoms with E-state index < -0.39 is 27.5 Å². The van der Waals surface area contributed by atoms with Gasteiger partial charge in [-0.15, -0.1) is 0 Å². The smallest absolute Gasteiger partial charge is 0.408 e. The van der Waals surface area contributed by atoms with E-state index in [0.29, 0.717) is 0 Å². The van der Waals surface area contributed by atoms with Crippen molar-refractivity contribution in [3.63, 3.8) is 0 Å². The van der Waals surface area contributed by atoms with Crippen molar-refractivity contribution in [2.45, 2.75) is 43.1 Å². The Morgan fingerprint density at radius 2 is 1.63 bits per heavy atom. The number of alkyl halides is 3. The fraction of sp³-hybridized carbons (Fsp3) is 0.818. The number of rotatable bonds is 4. The van der Waals surface area contributed by atoms with Crippen molar-refractivity contribution in [2.75, 3.05) is 7.11 Å². The Balaban J connectivity index is 4.73. The second kappa shape index (κ2) is 6.86. The molecule has 0 spiro atoms. The molecule has 0 aromatic rings. The van der Waals surface area contributed by atoms with Crippen LogP contribution in [0, 0.1) is 5.92 Å². The first-order valence-electron chi connectivity index (χ1n) is 5.56. The molecule has 0 heterocycles. The van der Waals surface area contributed by atoms with Crippen molar-refractivity contribution in [1.82, 2.24) is 5.32 Å². The first kappa shape index (κ1) is 18.6. The van der Waals surface area contributed by atoms with Gasteiger partial charge in [0.15, 0.2) is 5.60 Å². The van der Waals surface area contributed by atoms with Gasteiger partial charge in [0.25, 0.3) is 0 Å². The van der Waals surface area contributed by atoms with Crippen molar-refractivity contribution in [1.29, 1.82) is 0 Å². The summed E-state index contributed by atoms with van der Waals surface area (Å²) in [7, 11) is 1.23. The molecule has 8 heteroatoms. The molecule has 0 fully saturated rings. The highest BCUT2D eigenvalue weighted by Gasteiger charge is 2.44. The molecular weight excluding hydrogens is 316 g/mol. The quantitative estimate of drug-likeness (QED) is 0.634. The van der Waals surface area contributed by atoms with Gasteiger partial charge < -0.3 is 14.8 Å². The molecule has 1 N–H and O–H groups in total. The molecule has 0 aromatic heterocycles. The number of hydrogen-bond acceptors (Lipinski definition) is 4. The SMILES string of the molecule is COC(=O)C(NC(=O)OC(C)(C)C(Cl)(Cl)Cl)C(C)C. The number of ether oxygens (including phenoxy) is 2. The first-order valence-corrected chi connectivity index (χ1v) is 6.70. The zero-order chi connectivity index (χ0) is 15.4. The topological polar surface area (TPSA) is 64.6 Å². The van der Waals surface area contributed by atoms with Crippen molar-refractivity contribution < 1.29 is 19.1 Å². The molecular formula is C11H18Cl3NO4. The summed E-state index contributed by atoms with van der Waals surface area (Å²) in [5, 5.41) is 2.38. The van der Waals surface area contributed by atoms with E-state index in [0.717, 1.165) is 0 Å². The highest BCUT2D eigenvalue weighted by atomic mass is 35.6. The molecule has 1 unspecified atom stereocenters. The lowest BCUT2D eigenvalue weighted by Crippen LogP contribution is -2.50. The molecule has 1 amide bonds. The fourth-order valence-electron chi connectivity index (χ4n) is 1.07. The summed E-state index contributed by atoms with van der Waals surface area (Å²) in [6, 6.07) is -0.830. The van der Waals surface area contributed by atoms with E-state index in [4.69, 9.17) is 39.5 Å². The van der Waals surface area contributed by atoms with Gasteiger partial charge in [0.05, 0.1) is 7.11 Å². The molecule has 0 aromatic carbocycles. The zero-order valence-electron chi connectivity index (χ0n) is 11.4. The highest BCUT2D eigenvalue weighted by molar-refractivity contribution is 6.68. The van der Waals surface area contributed by atoms with Crippen LogP contribution in [0.5, 0.6) is 0 Å². The molecule has 0 bridgehead atoms. The lowest BCUT2D eigenvalue weighted by Gasteiger charge is -2.32. The molecule has 0 radical (unpaired) electrons. The van der Waals surface area contributed by atoms with Crippen LogP contribution in [0.25, 0.3) is 0 Å². The third-order valence-electron chi connectivity index (χ3n) is 2.43. The van der Waals surface area contributed by atoms with Crippen LogP contribution in [0.1, 0.15) is 27.7 Å². The van der Waals surface area contributed by atoms with Crippen LogP contribution >= 0.6 is 34.8 Å². The Morgan fingerprint density at radius 1 is 1.16 bits per heavy atom. The number of amides is 1. The third kappa shape index (κ3) is 5.63. The molecule has 0 aliphatic rings. The summed E-state index contributed by atoms with van der Waals surface area (Å²) in [5.41, 5.74) is -1.35. The number of hydrogen-bond donors (Lipinski definition) is 1. The van der Waals surface area contributed by atoms with Gasteiger partial charge in [-0.25, -0.2) is 9.59 Å². The van der Waals surface area contributed by atoms with Gasteiger partial charge in [-0.05, 0) is 19.8 Å². The molecule has 1 atom stereocenters. The van der Waals surface area contributed by atoms with Crippen LogP contribution in [-0.2, 0) is 14.3 Å². The highest BCUT2D eigenvalue weighted by Crippen LogP contribution is 2.40. The van der Waals surface area contributed by atoms with Crippen LogP contribution in [0.3, 0.4) is 0 Å². The van der Waals surface area contributed by atoms with Crippen LogP contribution in [0.4, 0.5) is 4.79 Å². The minimum absolute atomic E-state index is 0.170. The summed E-state index contributed by atoms with van der Waals surface area (Å²) in [6.45, 7) is 6.40. The van der Waals surface area contributed by atoms with Gasteiger partial charge in [-0.1, -0.05) is 48.7 Å². The summed E-state index contributed by atoms with van der Waals surface area (Å²) in [6.07, 6.45) is -0.861. The number of esters is 1. The number of carbonyl (C=O) groups excluding carboxylic acids is 2. The molecule has 19 heavy (non-hydrogen) atoms. The number of carbonyl (C=O) groups is 2. The predicted molar refractivity (Wildman–Crippen MR) is 74.6 cm³/mol. The van der Waals surface area contributed by atoms with Gasteiger partial charge in [0.1, 0.15) is 6.04 Å². The first-order chi connectivity index (χ1) is 8.42. The second-order valence-corrected chi connectivity index (χ2v) is 7.07. The van der Waals surface area contributed by atoms with Crippen molar-refractivity contribution in [3.05, 3.63) is 0 Å². The minimum Gasteiger partial charge on any atom is -0.467 e. The van der Waals surface area contributed by atoms with Crippen molar-refractivity contribution >= 4 is 46.9 Å². The second-order valence-electron chi connectivity index (χ2n) is 4.79. The Labute approximate surface area is 127 Å². The Morgan fingerprint density at radius 3 is 1.95 bits per heavy atom. The van der Waals surface area contributed by atoms with Gasteiger partial charge in [0.2, 0.25) is 3.79 Å². The normalized spacial score (nSPS) is 13.9. The average Bonchev–Trinajstić information content (AvgIpc) is 2.22. The van der Waals surface area contributed by atoms with E-state index in [1.807, 2.05) is 0 Å². The molecule has 112 valence electrons. The van der Waals surface area contributed by atoms with E-state index in [1.54, 1.807) is 13.8 Å². The van der Waals surface area contributed by atoms with E-state index in [-0.39, 0.29) is 5.92 Å². The van der Waals surface area contributed by atoms with Crippen LogP contribution in [-0.4, -0.2) is 34.6 Å². The molecule has 0 aliphatic carbocycles. The lowest BCUT2D eigenvalue weighted by atomic mass is 10.1. The molecule has 0 rings (SSSR count). The maximum atomic E-state index is 11.7. The van der Waals surface area contributed by atoms with Crippen LogP contribution in [0.2, 0.25) is 0 Å². The molecule has 0 aliphatic heterocycles. The monoisotopic (exact) mass is 333 g/mol. The predicted octanol–water partition coefficient (Wildman–Crippen LogP) is 3.06. The lowest BCUT2D eigenvalue weighted by molar-refractivity contribution is -0.144. The minimum atomic E-state index is -1.79. The Hall–Kier alpha value is -0.390. The van der Waals surface area contributed by atoms with E-state index in [1.165, 1.54) is 21.0 Å². The fourth-order valence-corrected chi connectivity index (χ4v) is 1.19. The zero-order valence-corrected chi connectivity index (χ0v) is 13.7. The van der Waals surface area contributed by atoms with Gasteiger partial charge >= 0.3 is 12.1 Å². The van der Waals surface area contributed by atoms with E-state index in [9.17, 15) is 9.59 Å². The summed E-state index contributed by atoms with van der Waals surface area (Å²) < 4.78 is 7.82. The molecule has 5 nitrogen and oxygen atoms in total. The number of methoxy groups -OCH3 is 1. The average molecular weight is 335 g/mol. The van der Waals surface area contributed by atoms with Crippen molar-refractivity contribution in [3.8, 4) is 0 Å². The summed E-state index contributed by atoms with van der Waals surface area (Å²) in [4.78, 5) is 23.2. The Bertz CT molecular complexity index is 339. The molecule has 0 saturated heterocycles. The van der Waals surface area contributed by atoms with Crippen molar-refractivity contribution in [2.24, 2.45) is 5.92 Å². The summed E-state index contributed by atoms with van der Waals surface area (Å²) in [5.74, 6) is -0.741. The maximum absolute atomic E-state index is 11.7. The van der Waals surface area contributed by atoms with Crippen LogP contribution < -0.4 is 5.32 Å². The number of halogens is 3. The third-order valence-corrected chi connectivity index (χ3v) is 3.79. The van der Waals surface area contributed by atoms with E-state index >= 15 is 0 Å². The van der Waals surface area contributed by atoms with Crippen LogP contribution in [0.15, 0.2) is 0 Å². The largest absolute Gasteiger partial charge is 0.467 e. The maximum Gasteiger partial charge on any atom is 0.408 e.